The van der Waals surface area contributed by atoms with Gasteiger partial charge in [0.25, 0.3) is 5.91 Å². The van der Waals surface area contributed by atoms with Crippen LogP contribution in [0.5, 0.6) is 5.75 Å². The van der Waals surface area contributed by atoms with Crippen molar-refractivity contribution in [2.75, 3.05) is 26.2 Å². The Morgan fingerprint density at radius 3 is 2.95 bits per heavy atom. The van der Waals surface area contributed by atoms with Crippen LogP contribution in [0.4, 0.5) is 0 Å². The van der Waals surface area contributed by atoms with Crippen molar-refractivity contribution in [1.82, 2.24) is 10.2 Å². The summed E-state index contributed by atoms with van der Waals surface area (Å²) < 4.78 is 0.770. The topological polar surface area (TPSA) is 52.6 Å². The van der Waals surface area contributed by atoms with Crippen molar-refractivity contribution >= 4 is 21.8 Å². The summed E-state index contributed by atoms with van der Waals surface area (Å²) in [6.45, 7) is 5.42. The molecular weight excluding hydrogens is 320 g/mol. The van der Waals surface area contributed by atoms with Crippen LogP contribution in [0.25, 0.3) is 0 Å². The zero-order chi connectivity index (χ0) is 14.5. The summed E-state index contributed by atoms with van der Waals surface area (Å²) in [5.74, 6) is 0.443. The first-order chi connectivity index (χ1) is 9.61. The Morgan fingerprint density at radius 2 is 2.35 bits per heavy atom. The fourth-order valence-electron chi connectivity index (χ4n) is 2.60. The maximum Gasteiger partial charge on any atom is 0.257 e. The fraction of sp³-hybridized carbons (Fsp3) is 0.533. The molecule has 0 aromatic heterocycles. The zero-order valence-electron chi connectivity index (χ0n) is 11.7. The van der Waals surface area contributed by atoms with Crippen LogP contribution in [0.2, 0.25) is 0 Å². The summed E-state index contributed by atoms with van der Waals surface area (Å²) in [6.07, 6.45) is 2.32. The van der Waals surface area contributed by atoms with Gasteiger partial charge in [-0.3, -0.25) is 4.79 Å². The second-order valence-electron chi connectivity index (χ2n) is 5.22. The molecule has 1 aromatic carbocycles. The van der Waals surface area contributed by atoms with E-state index in [-0.39, 0.29) is 11.7 Å². The van der Waals surface area contributed by atoms with Gasteiger partial charge in [0.15, 0.2) is 0 Å². The Morgan fingerprint density at radius 1 is 1.55 bits per heavy atom. The SMILES string of the molecule is CCN(CC1CCCNC1)C(=O)c1ccc(Br)cc1O. The van der Waals surface area contributed by atoms with E-state index in [1.807, 2.05) is 11.8 Å². The molecule has 1 aliphatic rings. The van der Waals surface area contributed by atoms with E-state index in [1.165, 1.54) is 6.42 Å². The lowest BCUT2D eigenvalue weighted by molar-refractivity contribution is 0.0726. The largest absolute Gasteiger partial charge is 0.507 e. The monoisotopic (exact) mass is 340 g/mol. The number of carbonyl (C=O) groups is 1. The van der Waals surface area contributed by atoms with Gasteiger partial charge in [-0.05, 0) is 57.0 Å². The lowest BCUT2D eigenvalue weighted by Crippen LogP contribution is -2.41. The Bertz CT molecular complexity index is 473. The van der Waals surface area contributed by atoms with Gasteiger partial charge in [-0.2, -0.15) is 0 Å². The highest BCUT2D eigenvalue weighted by Crippen LogP contribution is 2.24. The third kappa shape index (κ3) is 3.73. The van der Waals surface area contributed by atoms with Crippen molar-refractivity contribution < 1.29 is 9.90 Å². The molecule has 1 aliphatic heterocycles. The maximum absolute atomic E-state index is 12.5. The summed E-state index contributed by atoms with van der Waals surface area (Å²) >= 11 is 3.29. The molecule has 4 nitrogen and oxygen atoms in total. The number of halogens is 1. The van der Waals surface area contributed by atoms with Crippen molar-refractivity contribution in [3.63, 3.8) is 0 Å². The summed E-state index contributed by atoms with van der Waals surface area (Å²) in [7, 11) is 0. The van der Waals surface area contributed by atoms with E-state index in [9.17, 15) is 9.90 Å². The zero-order valence-corrected chi connectivity index (χ0v) is 13.3. The van der Waals surface area contributed by atoms with E-state index in [1.54, 1.807) is 18.2 Å². The first-order valence-corrected chi connectivity index (χ1v) is 7.89. The van der Waals surface area contributed by atoms with Crippen molar-refractivity contribution in [3.8, 4) is 5.75 Å². The number of aromatic hydroxyl groups is 1. The van der Waals surface area contributed by atoms with Crippen LogP contribution in [0.3, 0.4) is 0 Å². The third-order valence-electron chi connectivity index (χ3n) is 3.74. The van der Waals surface area contributed by atoms with E-state index in [2.05, 4.69) is 21.2 Å². The van der Waals surface area contributed by atoms with Crippen LogP contribution in [-0.2, 0) is 0 Å². The number of benzene rings is 1. The molecule has 20 heavy (non-hydrogen) atoms. The van der Waals surface area contributed by atoms with Gasteiger partial charge >= 0.3 is 0 Å². The molecule has 1 amide bonds. The Balaban J connectivity index is 2.07. The highest BCUT2D eigenvalue weighted by atomic mass is 79.9. The number of carbonyl (C=O) groups excluding carboxylic acids is 1. The quantitative estimate of drug-likeness (QED) is 0.885. The lowest BCUT2D eigenvalue weighted by Gasteiger charge is -2.29. The molecule has 110 valence electrons. The van der Waals surface area contributed by atoms with Gasteiger partial charge in [0.05, 0.1) is 5.56 Å². The van der Waals surface area contributed by atoms with Crippen molar-refractivity contribution in [2.24, 2.45) is 5.92 Å². The standard InChI is InChI=1S/C15H21BrN2O2/c1-2-18(10-11-4-3-7-17-9-11)15(20)13-6-5-12(16)8-14(13)19/h5-6,8,11,17,19H,2-4,7,9-10H2,1H3. The number of phenols is 1. The fourth-order valence-corrected chi connectivity index (χ4v) is 2.95. The Kier molecular flexibility index (Phi) is 5.43. The predicted octanol–water partition coefficient (Wildman–Crippen LogP) is 2.62. The summed E-state index contributed by atoms with van der Waals surface area (Å²) in [5, 5.41) is 13.3. The molecule has 0 saturated carbocycles. The first kappa shape index (κ1) is 15.3. The smallest absolute Gasteiger partial charge is 0.257 e. The van der Waals surface area contributed by atoms with Gasteiger partial charge in [0, 0.05) is 17.6 Å². The molecule has 1 atom stereocenters. The van der Waals surface area contributed by atoms with Crippen molar-refractivity contribution in [2.45, 2.75) is 19.8 Å². The summed E-state index contributed by atoms with van der Waals surface area (Å²) in [6, 6.07) is 5.01. The predicted molar refractivity (Wildman–Crippen MR) is 83.0 cm³/mol. The van der Waals surface area contributed by atoms with E-state index in [4.69, 9.17) is 0 Å². The number of rotatable bonds is 4. The summed E-state index contributed by atoms with van der Waals surface area (Å²) in [5.41, 5.74) is 0.374. The average Bonchev–Trinajstić information content (AvgIpc) is 2.45. The van der Waals surface area contributed by atoms with E-state index in [0.717, 1.165) is 30.5 Å². The van der Waals surface area contributed by atoms with Gasteiger partial charge in [-0.1, -0.05) is 15.9 Å². The van der Waals surface area contributed by atoms with Gasteiger partial charge in [0.1, 0.15) is 5.75 Å². The number of nitrogens with one attached hydrogen (secondary N) is 1. The minimum absolute atomic E-state index is 0.0320. The highest BCUT2D eigenvalue weighted by molar-refractivity contribution is 9.10. The normalized spacial score (nSPS) is 18.8. The van der Waals surface area contributed by atoms with Crippen LogP contribution in [-0.4, -0.2) is 42.1 Å². The summed E-state index contributed by atoms with van der Waals surface area (Å²) in [4.78, 5) is 14.3. The maximum atomic E-state index is 12.5. The van der Waals surface area contributed by atoms with Crippen LogP contribution >= 0.6 is 15.9 Å². The van der Waals surface area contributed by atoms with E-state index in [0.29, 0.717) is 18.0 Å². The molecule has 1 aromatic rings. The average molecular weight is 341 g/mol. The number of phenolic OH excluding ortho intramolecular Hbond substituents is 1. The number of amides is 1. The Hall–Kier alpha value is -1.07. The third-order valence-corrected chi connectivity index (χ3v) is 4.23. The molecule has 1 heterocycles. The molecule has 2 rings (SSSR count). The molecule has 5 heteroatoms. The molecule has 0 bridgehead atoms. The molecule has 0 spiro atoms. The second-order valence-corrected chi connectivity index (χ2v) is 6.13. The molecule has 0 aliphatic carbocycles. The number of hydrogen-bond acceptors (Lipinski definition) is 3. The first-order valence-electron chi connectivity index (χ1n) is 7.10. The molecule has 0 radical (unpaired) electrons. The molecular formula is C15H21BrN2O2. The van der Waals surface area contributed by atoms with Gasteiger partial charge < -0.3 is 15.3 Å². The number of piperidine rings is 1. The number of nitrogens with zero attached hydrogens (tertiary/aromatic N) is 1. The van der Waals surface area contributed by atoms with Crippen LogP contribution in [0.15, 0.2) is 22.7 Å². The van der Waals surface area contributed by atoms with Gasteiger partial charge in [0.2, 0.25) is 0 Å². The lowest BCUT2D eigenvalue weighted by atomic mass is 9.98. The van der Waals surface area contributed by atoms with Crippen molar-refractivity contribution in [1.29, 1.82) is 0 Å². The van der Waals surface area contributed by atoms with Crippen LogP contribution < -0.4 is 5.32 Å². The Labute approximate surface area is 128 Å². The number of hydrogen-bond donors (Lipinski definition) is 2. The molecule has 1 fully saturated rings. The minimum Gasteiger partial charge on any atom is -0.507 e. The second kappa shape index (κ2) is 7.09. The molecule has 1 unspecified atom stereocenters. The van der Waals surface area contributed by atoms with E-state index < -0.39 is 0 Å². The molecule has 1 saturated heterocycles. The molecule has 2 N–H and O–H groups in total. The van der Waals surface area contributed by atoms with Gasteiger partial charge in [-0.25, -0.2) is 0 Å². The van der Waals surface area contributed by atoms with Crippen LogP contribution in [0.1, 0.15) is 30.1 Å². The van der Waals surface area contributed by atoms with Crippen LogP contribution in [0, 0.1) is 5.92 Å². The highest BCUT2D eigenvalue weighted by Gasteiger charge is 2.22. The van der Waals surface area contributed by atoms with Crippen molar-refractivity contribution in [3.05, 3.63) is 28.2 Å². The minimum atomic E-state index is -0.0944. The van der Waals surface area contributed by atoms with E-state index >= 15 is 0 Å². The van der Waals surface area contributed by atoms with Gasteiger partial charge in [-0.15, -0.1) is 0 Å².